The third kappa shape index (κ3) is 6.01. The Bertz CT molecular complexity index is 628. The van der Waals surface area contributed by atoms with E-state index in [4.69, 9.17) is 26.1 Å². The molecule has 0 radical (unpaired) electrons. The number of piperazine rings is 1. The Balaban J connectivity index is 2.01. The molecule has 0 spiro atoms. The van der Waals surface area contributed by atoms with Gasteiger partial charge in [0.25, 0.3) is 0 Å². The lowest BCUT2D eigenvalue weighted by Crippen LogP contribution is -2.50. The van der Waals surface area contributed by atoms with Gasteiger partial charge in [0.2, 0.25) is 0 Å². The van der Waals surface area contributed by atoms with Gasteiger partial charge in [0.05, 0.1) is 11.6 Å². The molecule has 1 aromatic rings. The maximum absolute atomic E-state index is 12.2. The third-order valence-corrected chi connectivity index (χ3v) is 5.10. The number of amides is 1. The maximum atomic E-state index is 12.2. The largest absolute Gasteiger partial charge is 0.444 e. The Kier molecular flexibility index (Phi) is 7.58. The van der Waals surface area contributed by atoms with Gasteiger partial charge in [-0.2, -0.15) is 0 Å². The van der Waals surface area contributed by atoms with E-state index in [1.54, 1.807) is 4.90 Å². The molecular formula is C18H26BrClN2O4. The van der Waals surface area contributed by atoms with Gasteiger partial charge in [-0.25, -0.2) is 14.6 Å². The summed E-state index contributed by atoms with van der Waals surface area (Å²) in [5, 5.41) is 0.612. The van der Waals surface area contributed by atoms with E-state index < -0.39 is 5.60 Å². The Morgan fingerprint density at radius 1 is 1.19 bits per heavy atom. The smallest absolute Gasteiger partial charge is 0.410 e. The molecule has 1 heterocycles. The van der Waals surface area contributed by atoms with Gasteiger partial charge in [0, 0.05) is 41.9 Å². The average Bonchev–Trinajstić information content (AvgIpc) is 2.57. The molecule has 0 unspecified atom stereocenters. The number of hydrogen-bond acceptors (Lipinski definition) is 5. The van der Waals surface area contributed by atoms with Gasteiger partial charge < -0.3 is 14.5 Å². The van der Waals surface area contributed by atoms with Crippen LogP contribution in [0.25, 0.3) is 0 Å². The summed E-state index contributed by atoms with van der Waals surface area (Å²) in [6.07, 6.45) is -0.264. The molecule has 0 aromatic heterocycles. The molecule has 1 aliphatic heterocycles. The lowest BCUT2D eigenvalue weighted by atomic mass is 10.1. The van der Waals surface area contributed by atoms with Crippen LogP contribution in [0.2, 0.25) is 5.02 Å². The number of carbonyl (C=O) groups excluding carboxylic acids is 1. The zero-order valence-corrected chi connectivity index (χ0v) is 18.0. The number of nitrogens with zero attached hydrogens (tertiary/aromatic N) is 2. The molecule has 0 N–H and O–H groups in total. The lowest BCUT2D eigenvalue weighted by Gasteiger charge is -2.37. The molecule has 1 fully saturated rings. The van der Waals surface area contributed by atoms with Crippen molar-refractivity contribution in [2.75, 3.05) is 37.7 Å². The van der Waals surface area contributed by atoms with Gasteiger partial charge in [0.1, 0.15) is 12.2 Å². The van der Waals surface area contributed by atoms with Crippen molar-refractivity contribution >= 4 is 39.3 Å². The molecule has 1 saturated heterocycles. The van der Waals surface area contributed by atoms with Crippen molar-refractivity contribution in [1.29, 1.82) is 0 Å². The van der Waals surface area contributed by atoms with Crippen LogP contribution in [-0.2, 0) is 21.1 Å². The Morgan fingerprint density at radius 2 is 1.85 bits per heavy atom. The van der Waals surface area contributed by atoms with Crippen LogP contribution in [0, 0.1) is 0 Å². The van der Waals surface area contributed by atoms with Crippen molar-refractivity contribution in [2.45, 2.75) is 39.9 Å². The number of rotatable bonds is 5. The zero-order chi connectivity index (χ0) is 19.3. The van der Waals surface area contributed by atoms with Crippen molar-refractivity contribution in [3.63, 3.8) is 0 Å². The first-order valence-corrected chi connectivity index (χ1v) is 9.83. The fourth-order valence-corrected chi connectivity index (χ4v) is 3.23. The molecule has 146 valence electrons. The van der Waals surface area contributed by atoms with Crippen LogP contribution in [0.5, 0.6) is 0 Å². The van der Waals surface area contributed by atoms with E-state index in [1.165, 1.54) is 0 Å². The van der Waals surface area contributed by atoms with Gasteiger partial charge >= 0.3 is 6.09 Å². The molecule has 0 aliphatic carbocycles. The highest BCUT2D eigenvalue weighted by Crippen LogP contribution is 2.33. The van der Waals surface area contributed by atoms with E-state index in [-0.39, 0.29) is 12.7 Å². The monoisotopic (exact) mass is 448 g/mol. The fraction of sp³-hybridized carbons (Fsp3) is 0.611. The SMILES string of the molecule is CCOOCc1cc(N2CCN(C(=O)OC(C)(C)C)CC2)cc(Br)c1Cl. The second-order valence-electron chi connectivity index (χ2n) is 7.02. The molecule has 1 aliphatic rings. The quantitative estimate of drug-likeness (QED) is 0.373. The summed E-state index contributed by atoms with van der Waals surface area (Å²) in [6.45, 7) is 10.9. The Morgan fingerprint density at radius 3 is 2.42 bits per heavy atom. The van der Waals surface area contributed by atoms with E-state index in [9.17, 15) is 4.79 Å². The molecule has 0 bridgehead atoms. The number of benzene rings is 1. The van der Waals surface area contributed by atoms with Crippen LogP contribution in [0.4, 0.5) is 10.5 Å². The van der Waals surface area contributed by atoms with Crippen LogP contribution in [0.3, 0.4) is 0 Å². The van der Waals surface area contributed by atoms with Crippen molar-refractivity contribution < 1.29 is 19.3 Å². The van der Waals surface area contributed by atoms with Crippen LogP contribution >= 0.6 is 27.5 Å². The van der Waals surface area contributed by atoms with Gasteiger partial charge in [-0.15, -0.1) is 0 Å². The number of anilines is 1. The summed E-state index contributed by atoms with van der Waals surface area (Å²) in [7, 11) is 0. The summed E-state index contributed by atoms with van der Waals surface area (Å²) in [6, 6.07) is 3.98. The minimum absolute atomic E-state index is 0.264. The molecule has 8 heteroatoms. The van der Waals surface area contributed by atoms with E-state index in [2.05, 4.69) is 20.8 Å². The first-order valence-electron chi connectivity index (χ1n) is 8.66. The summed E-state index contributed by atoms with van der Waals surface area (Å²) >= 11 is 9.84. The first-order chi connectivity index (χ1) is 12.2. The minimum atomic E-state index is -0.481. The molecule has 0 saturated carbocycles. The number of carbonyl (C=O) groups is 1. The number of halogens is 2. The van der Waals surface area contributed by atoms with Gasteiger partial charge in [-0.1, -0.05) is 11.6 Å². The predicted molar refractivity (Wildman–Crippen MR) is 106 cm³/mol. The normalized spacial score (nSPS) is 15.3. The summed E-state index contributed by atoms with van der Waals surface area (Å²) < 4.78 is 6.25. The predicted octanol–water partition coefficient (Wildman–Crippen LogP) is 4.63. The standard InChI is InChI=1S/C18H26BrClN2O4/c1-5-24-25-12-13-10-14(11-15(19)16(13)20)21-6-8-22(9-7-21)17(23)26-18(2,3)4/h10-11H,5-9,12H2,1-4H3. The van der Waals surface area contributed by atoms with E-state index in [0.717, 1.165) is 28.8 Å². The third-order valence-electron chi connectivity index (χ3n) is 3.80. The van der Waals surface area contributed by atoms with Crippen LogP contribution in [0.1, 0.15) is 33.3 Å². The van der Waals surface area contributed by atoms with Crippen molar-refractivity contribution in [3.05, 3.63) is 27.2 Å². The van der Waals surface area contributed by atoms with E-state index in [0.29, 0.717) is 24.7 Å². The van der Waals surface area contributed by atoms with Crippen molar-refractivity contribution in [3.8, 4) is 0 Å². The second kappa shape index (κ2) is 9.26. The molecular weight excluding hydrogens is 424 g/mol. The molecule has 26 heavy (non-hydrogen) atoms. The topological polar surface area (TPSA) is 51.2 Å². The van der Waals surface area contributed by atoms with E-state index in [1.807, 2.05) is 39.8 Å². The highest BCUT2D eigenvalue weighted by molar-refractivity contribution is 9.10. The highest BCUT2D eigenvalue weighted by atomic mass is 79.9. The van der Waals surface area contributed by atoms with Crippen molar-refractivity contribution in [1.82, 2.24) is 4.90 Å². The summed E-state index contributed by atoms with van der Waals surface area (Å²) in [5.41, 5.74) is 1.39. The molecule has 1 amide bonds. The summed E-state index contributed by atoms with van der Waals surface area (Å²) in [4.78, 5) is 26.2. The fourth-order valence-electron chi connectivity index (χ4n) is 2.58. The van der Waals surface area contributed by atoms with Crippen LogP contribution in [0.15, 0.2) is 16.6 Å². The van der Waals surface area contributed by atoms with E-state index >= 15 is 0 Å². The van der Waals surface area contributed by atoms with Gasteiger partial charge in [-0.3, -0.25) is 0 Å². The first kappa shape index (κ1) is 21.3. The molecule has 6 nitrogen and oxygen atoms in total. The minimum Gasteiger partial charge on any atom is -0.444 e. The zero-order valence-electron chi connectivity index (χ0n) is 15.7. The summed E-state index contributed by atoms with van der Waals surface area (Å²) in [5.74, 6) is 0. The van der Waals surface area contributed by atoms with Crippen LogP contribution < -0.4 is 4.90 Å². The highest BCUT2D eigenvalue weighted by Gasteiger charge is 2.26. The maximum Gasteiger partial charge on any atom is 0.410 e. The van der Waals surface area contributed by atoms with Crippen LogP contribution in [-0.4, -0.2) is 49.4 Å². The molecule has 2 rings (SSSR count). The average molecular weight is 450 g/mol. The van der Waals surface area contributed by atoms with Crippen molar-refractivity contribution in [2.24, 2.45) is 0 Å². The Labute approximate surface area is 168 Å². The van der Waals surface area contributed by atoms with Gasteiger partial charge in [-0.05, 0) is 55.8 Å². The molecule has 0 atom stereocenters. The lowest BCUT2D eigenvalue weighted by molar-refractivity contribution is -0.300. The number of ether oxygens (including phenoxy) is 1. The molecule has 1 aromatic carbocycles. The number of hydrogen-bond donors (Lipinski definition) is 0. The second-order valence-corrected chi connectivity index (χ2v) is 8.26. The van der Waals surface area contributed by atoms with Gasteiger partial charge in [0.15, 0.2) is 0 Å². The Hall–Kier alpha value is -1.02.